The van der Waals surface area contributed by atoms with Crippen molar-refractivity contribution < 1.29 is 18.7 Å². The number of oxazole rings is 1. The quantitative estimate of drug-likeness (QED) is 0.211. The fraction of sp³-hybridized carbons (Fsp3) is 0.194. The second kappa shape index (κ2) is 11.4. The average molecular weight is 523 g/mol. The summed E-state index contributed by atoms with van der Waals surface area (Å²) in [5.41, 5.74) is 4.11. The first-order chi connectivity index (χ1) is 18.9. The monoisotopic (exact) mass is 522 g/mol. The number of hydrogen-bond donors (Lipinski definition) is 2. The molecule has 1 amide bonds. The van der Waals surface area contributed by atoms with Crippen LogP contribution in [-0.2, 0) is 21.6 Å². The number of nitrogens with zero attached hydrogens (tertiary/aromatic N) is 2. The Balaban J connectivity index is 1.30. The number of ether oxygens (including phenoxy) is 2. The van der Waals surface area contributed by atoms with Gasteiger partial charge in [-0.15, -0.1) is 0 Å². The van der Waals surface area contributed by atoms with Crippen LogP contribution in [0.1, 0.15) is 31.9 Å². The highest BCUT2D eigenvalue weighted by molar-refractivity contribution is 5.99. The van der Waals surface area contributed by atoms with Crippen molar-refractivity contribution in [3.63, 3.8) is 0 Å². The van der Waals surface area contributed by atoms with Gasteiger partial charge in [0.2, 0.25) is 11.8 Å². The fourth-order valence-electron chi connectivity index (χ4n) is 4.09. The van der Waals surface area contributed by atoms with Crippen LogP contribution in [0.25, 0.3) is 11.1 Å². The van der Waals surface area contributed by atoms with Crippen LogP contribution in [0.5, 0.6) is 11.6 Å². The van der Waals surface area contributed by atoms with Crippen LogP contribution in [0.3, 0.4) is 0 Å². The van der Waals surface area contributed by atoms with Crippen molar-refractivity contribution >= 4 is 34.4 Å². The minimum Gasteiger partial charge on any atom is -0.437 e. The van der Waals surface area contributed by atoms with Crippen molar-refractivity contribution in [2.45, 2.75) is 32.8 Å². The van der Waals surface area contributed by atoms with E-state index in [1.807, 2.05) is 54.6 Å². The Hall–Kier alpha value is -4.69. The molecule has 0 unspecified atom stereocenters. The lowest BCUT2D eigenvalue weighted by atomic mass is 9.86. The lowest BCUT2D eigenvalue weighted by Crippen LogP contribution is -2.18. The number of aromatic nitrogens is 2. The summed E-state index contributed by atoms with van der Waals surface area (Å²) in [6.45, 7) is 6.68. The van der Waals surface area contributed by atoms with E-state index in [9.17, 15) is 4.79 Å². The maximum atomic E-state index is 12.5. The second-order valence-corrected chi connectivity index (χ2v) is 10.0. The maximum Gasteiger partial charge on any atom is 0.300 e. The normalized spacial score (nSPS) is 11.4. The number of carbonyl (C=O) groups excluding carboxylic acids is 1. The summed E-state index contributed by atoms with van der Waals surface area (Å²) in [5, 5.41) is 6.03. The molecular formula is C31H30N4O4. The van der Waals surface area contributed by atoms with Gasteiger partial charge in [-0.25, -0.2) is 4.98 Å². The second-order valence-electron chi connectivity index (χ2n) is 10.0. The van der Waals surface area contributed by atoms with Gasteiger partial charge in [-0.2, -0.15) is 4.98 Å². The van der Waals surface area contributed by atoms with Crippen molar-refractivity contribution in [3.05, 3.63) is 102 Å². The molecule has 8 heteroatoms. The maximum absolute atomic E-state index is 12.5. The Bertz CT molecular complexity index is 1570. The smallest absolute Gasteiger partial charge is 0.300 e. The molecule has 0 aliphatic carbocycles. The van der Waals surface area contributed by atoms with Crippen molar-refractivity contribution in [2.24, 2.45) is 0 Å². The first kappa shape index (κ1) is 25.9. The van der Waals surface area contributed by atoms with Crippen LogP contribution in [0, 0.1) is 0 Å². The summed E-state index contributed by atoms with van der Waals surface area (Å²) < 4.78 is 17.7. The Labute approximate surface area is 227 Å². The molecule has 2 N–H and O–H groups in total. The Morgan fingerprint density at radius 1 is 0.897 bits per heavy atom. The van der Waals surface area contributed by atoms with E-state index in [2.05, 4.69) is 47.4 Å². The highest BCUT2D eigenvalue weighted by Gasteiger charge is 2.20. The van der Waals surface area contributed by atoms with E-state index in [1.54, 1.807) is 30.5 Å². The largest absolute Gasteiger partial charge is 0.437 e. The Morgan fingerprint density at radius 2 is 1.67 bits per heavy atom. The van der Waals surface area contributed by atoms with Crippen molar-refractivity contribution in [1.82, 2.24) is 9.97 Å². The number of amides is 1. The number of anilines is 3. The van der Waals surface area contributed by atoms with Crippen LogP contribution in [0.2, 0.25) is 0 Å². The molecule has 198 valence electrons. The minimum atomic E-state index is -0.281. The summed E-state index contributed by atoms with van der Waals surface area (Å²) in [6.07, 6.45) is 1.67. The molecule has 0 saturated carbocycles. The third-order valence-electron chi connectivity index (χ3n) is 5.95. The molecule has 0 radical (unpaired) electrons. The van der Waals surface area contributed by atoms with E-state index in [4.69, 9.17) is 13.9 Å². The summed E-state index contributed by atoms with van der Waals surface area (Å²) in [6, 6.07) is 26.8. The lowest BCUT2D eigenvalue weighted by Gasteiger charge is -2.22. The lowest BCUT2D eigenvalue weighted by molar-refractivity contribution is -0.121. The van der Waals surface area contributed by atoms with Gasteiger partial charge in [-0.3, -0.25) is 4.79 Å². The zero-order chi connectivity index (χ0) is 27.2. The molecule has 0 aliphatic heterocycles. The molecule has 0 bridgehead atoms. The van der Waals surface area contributed by atoms with Crippen molar-refractivity contribution in [2.75, 3.05) is 17.2 Å². The molecule has 39 heavy (non-hydrogen) atoms. The third kappa shape index (κ3) is 6.42. The van der Waals surface area contributed by atoms with E-state index in [0.29, 0.717) is 35.0 Å². The molecule has 3 aromatic carbocycles. The number of pyridine rings is 1. The van der Waals surface area contributed by atoms with E-state index < -0.39 is 0 Å². The molecule has 0 saturated heterocycles. The van der Waals surface area contributed by atoms with Gasteiger partial charge in [-0.1, -0.05) is 75.4 Å². The van der Waals surface area contributed by atoms with Crippen LogP contribution >= 0.6 is 0 Å². The van der Waals surface area contributed by atoms with Crippen LogP contribution in [0.15, 0.2) is 95.5 Å². The van der Waals surface area contributed by atoms with Gasteiger partial charge < -0.3 is 24.5 Å². The van der Waals surface area contributed by atoms with Crippen LogP contribution in [0.4, 0.5) is 17.4 Å². The van der Waals surface area contributed by atoms with E-state index in [1.165, 1.54) is 0 Å². The highest BCUT2D eigenvalue weighted by Crippen LogP contribution is 2.36. The van der Waals surface area contributed by atoms with Crippen LogP contribution in [-0.4, -0.2) is 22.5 Å². The molecule has 0 atom stereocenters. The Kier molecular flexibility index (Phi) is 7.56. The van der Waals surface area contributed by atoms with Crippen LogP contribution < -0.4 is 15.4 Å². The summed E-state index contributed by atoms with van der Waals surface area (Å²) in [4.78, 5) is 21.5. The number of carbonyl (C=O) groups is 1. The predicted octanol–water partition coefficient (Wildman–Crippen LogP) is 7.21. The summed E-state index contributed by atoms with van der Waals surface area (Å²) >= 11 is 0. The van der Waals surface area contributed by atoms with Gasteiger partial charge in [0.25, 0.3) is 6.01 Å². The number of benzene rings is 3. The molecule has 0 fully saturated rings. The van der Waals surface area contributed by atoms with Gasteiger partial charge in [0.05, 0.1) is 12.3 Å². The highest BCUT2D eigenvalue weighted by atomic mass is 16.5. The third-order valence-corrected chi connectivity index (χ3v) is 5.95. The molecule has 5 rings (SSSR count). The fourth-order valence-corrected chi connectivity index (χ4v) is 4.09. The first-order valence-electron chi connectivity index (χ1n) is 12.7. The van der Waals surface area contributed by atoms with Gasteiger partial charge in [0.1, 0.15) is 23.6 Å². The Morgan fingerprint density at radius 3 is 2.49 bits per heavy atom. The molecule has 2 aromatic heterocycles. The first-order valence-corrected chi connectivity index (χ1v) is 12.7. The standard InChI is InChI=1S/C31H30N4O4/c1-31(2,3)22-13-7-8-16-25(22)38-29-24(15-10-18-32-29)34-30-35-28-23(14-9-17-26(28)39-30)33-27(36)20-37-19-21-11-5-4-6-12-21/h4-18H,19-20H2,1-3H3,(H,33,36)(H,34,35). The van der Waals surface area contributed by atoms with E-state index >= 15 is 0 Å². The number of fused-ring (bicyclic) bond motifs is 1. The van der Waals surface area contributed by atoms with E-state index in [-0.39, 0.29) is 23.9 Å². The number of hydrogen-bond acceptors (Lipinski definition) is 7. The molecule has 0 aliphatic rings. The van der Waals surface area contributed by atoms with Gasteiger partial charge in [-0.05, 0) is 41.3 Å². The summed E-state index contributed by atoms with van der Waals surface area (Å²) in [7, 11) is 0. The molecule has 5 aromatic rings. The van der Waals surface area contributed by atoms with Gasteiger partial charge in [0.15, 0.2) is 5.58 Å². The number of para-hydroxylation sites is 2. The number of nitrogens with one attached hydrogen (secondary N) is 2. The molecule has 0 spiro atoms. The predicted molar refractivity (Wildman–Crippen MR) is 151 cm³/mol. The average Bonchev–Trinajstić information content (AvgIpc) is 3.34. The molecule has 8 nitrogen and oxygen atoms in total. The zero-order valence-corrected chi connectivity index (χ0v) is 22.1. The van der Waals surface area contributed by atoms with Gasteiger partial charge >= 0.3 is 0 Å². The van der Waals surface area contributed by atoms with Crippen molar-refractivity contribution in [1.29, 1.82) is 0 Å². The van der Waals surface area contributed by atoms with Gasteiger partial charge in [0, 0.05) is 11.8 Å². The minimum absolute atomic E-state index is 0.0827. The SMILES string of the molecule is CC(C)(C)c1ccccc1Oc1ncccc1Nc1nc2c(NC(=O)COCc3ccccc3)cccc2o1. The molecular weight excluding hydrogens is 492 g/mol. The van der Waals surface area contributed by atoms with E-state index in [0.717, 1.165) is 16.9 Å². The molecule has 2 heterocycles. The topological polar surface area (TPSA) is 98.5 Å². The van der Waals surface area contributed by atoms with Crippen molar-refractivity contribution in [3.8, 4) is 11.6 Å². The summed E-state index contributed by atoms with van der Waals surface area (Å²) in [5.74, 6) is 0.834. The number of rotatable bonds is 9. The zero-order valence-electron chi connectivity index (χ0n) is 22.1.